The molecule has 0 aliphatic carbocycles. The van der Waals surface area contributed by atoms with E-state index in [1.54, 1.807) is 29.3 Å². The third-order valence-corrected chi connectivity index (χ3v) is 7.62. The molecule has 1 saturated heterocycles. The van der Waals surface area contributed by atoms with Crippen LogP contribution in [0.4, 0.5) is 14.5 Å². The van der Waals surface area contributed by atoms with E-state index < -0.39 is 17.2 Å². The number of carbonyl (C=O) groups is 2. The van der Waals surface area contributed by atoms with Gasteiger partial charge in [-0.2, -0.15) is 5.10 Å². The van der Waals surface area contributed by atoms with Gasteiger partial charge in [0.25, 0.3) is 5.91 Å². The van der Waals surface area contributed by atoms with Crippen molar-refractivity contribution in [3.63, 3.8) is 0 Å². The van der Waals surface area contributed by atoms with Crippen LogP contribution in [0.1, 0.15) is 29.9 Å². The molecule has 0 unspecified atom stereocenters. The van der Waals surface area contributed by atoms with Crippen molar-refractivity contribution in [3.8, 4) is 39.6 Å². The number of ether oxygens (including phenoxy) is 3. The highest BCUT2D eigenvalue weighted by molar-refractivity contribution is 5.98. The van der Waals surface area contributed by atoms with Crippen LogP contribution >= 0.6 is 0 Å². The lowest BCUT2D eigenvalue weighted by atomic mass is 9.95. The number of aromatic nitrogens is 3. The highest BCUT2D eigenvalue weighted by Gasteiger charge is 2.39. The SMILES string of the molecule is COc1cc2c(cc1-c1cncc(NC(=O)CN)c1)-c1c(c(C(=O)N3CCOCC3(C)C)nn1-c1cc(F)cc(F)c1)CO2. The summed E-state index contributed by atoms with van der Waals surface area (Å²) in [6.07, 6.45) is 3.09. The Morgan fingerprint density at radius 1 is 1.09 bits per heavy atom. The predicted molar refractivity (Wildman–Crippen MR) is 157 cm³/mol. The molecule has 228 valence electrons. The first-order valence-electron chi connectivity index (χ1n) is 13.9. The molecule has 6 rings (SSSR count). The zero-order valence-corrected chi connectivity index (χ0v) is 24.3. The molecule has 2 amide bonds. The minimum absolute atomic E-state index is 0.0172. The molecule has 0 spiro atoms. The van der Waals surface area contributed by atoms with E-state index >= 15 is 0 Å². The van der Waals surface area contributed by atoms with E-state index in [4.69, 9.17) is 19.9 Å². The Labute approximate surface area is 251 Å². The summed E-state index contributed by atoms with van der Waals surface area (Å²) < 4.78 is 47.8. The molecule has 2 aromatic carbocycles. The maximum Gasteiger partial charge on any atom is 0.275 e. The quantitative estimate of drug-likeness (QED) is 0.338. The number of hydrogen-bond donors (Lipinski definition) is 2. The van der Waals surface area contributed by atoms with Crippen LogP contribution in [-0.2, 0) is 16.1 Å². The number of halogens is 2. The summed E-state index contributed by atoms with van der Waals surface area (Å²) in [6, 6.07) is 8.25. The summed E-state index contributed by atoms with van der Waals surface area (Å²) in [5.41, 5.74) is 8.06. The third kappa shape index (κ3) is 5.24. The molecule has 2 aliphatic rings. The number of nitrogens with zero attached hydrogens (tertiary/aromatic N) is 4. The van der Waals surface area contributed by atoms with Gasteiger partial charge in [0.15, 0.2) is 5.69 Å². The summed E-state index contributed by atoms with van der Waals surface area (Å²) in [4.78, 5) is 31.9. The number of rotatable bonds is 6. The molecule has 4 aromatic rings. The zero-order chi connectivity index (χ0) is 31.2. The Balaban J connectivity index is 1.55. The number of anilines is 1. The molecule has 0 radical (unpaired) electrons. The van der Waals surface area contributed by atoms with Crippen molar-refractivity contribution in [3.05, 3.63) is 71.7 Å². The normalized spacial score (nSPS) is 15.2. The standard InChI is InChI=1S/C31H30F2N6O5/c1-31(2)16-43-5-4-38(31)30(41)28-24-15-44-26-11-25(42-3)22(17-6-20(14-35-13-17)36-27(40)12-34)10-23(26)29(24)39(37-28)21-8-18(32)7-19(33)9-21/h6-11,13-14H,4-5,12,15-16,34H2,1-3H3,(H,36,40). The van der Waals surface area contributed by atoms with Crippen LogP contribution in [0.15, 0.2) is 48.8 Å². The lowest BCUT2D eigenvalue weighted by molar-refractivity contribution is -0.114. The van der Waals surface area contributed by atoms with E-state index in [1.165, 1.54) is 18.0 Å². The average Bonchev–Trinajstić information content (AvgIpc) is 3.40. The van der Waals surface area contributed by atoms with Gasteiger partial charge in [0.2, 0.25) is 5.91 Å². The van der Waals surface area contributed by atoms with Crippen LogP contribution in [0.2, 0.25) is 0 Å². The highest BCUT2D eigenvalue weighted by Crippen LogP contribution is 2.46. The van der Waals surface area contributed by atoms with Crippen LogP contribution in [0, 0.1) is 11.6 Å². The van der Waals surface area contributed by atoms with Crippen LogP contribution in [0.3, 0.4) is 0 Å². The van der Waals surface area contributed by atoms with Gasteiger partial charge in [0.05, 0.1) is 55.7 Å². The fourth-order valence-corrected chi connectivity index (χ4v) is 5.52. The first-order valence-corrected chi connectivity index (χ1v) is 13.9. The average molecular weight is 605 g/mol. The molecule has 1 fully saturated rings. The minimum atomic E-state index is -0.795. The van der Waals surface area contributed by atoms with Gasteiger partial charge >= 0.3 is 0 Å². The number of pyridine rings is 1. The van der Waals surface area contributed by atoms with E-state index in [-0.39, 0.29) is 36.3 Å². The maximum absolute atomic E-state index is 14.5. The van der Waals surface area contributed by atoms with Gasteiger partial charge in [-0.05, 0) is 38.1 Å². The number of hydrogen-bond acceptors (Lipinski definition) is 8. The zero-order valence-electron chi connectivity index (χ0n) is 24.3. The molecule has 2 aliphatic heterocycles. The summed E-state index contributed by atoms with van der Waals surface area (Å²) in [6.45, 7) is 4.66. The Morgan fingerprint density at radius 2 is 1.86 bits per heavy atom. The summed E-state index contributed by atoms with van der Waals surface area (Å²) in [7, 11) is 1.51. The monoisotopic (exact) mass is 604 g/mol. The lowest BCUT2D eigenvalue weighted by Crippen LogP contribution is -2.55. The van der Waals surface area contributed by atoms with Gasteiger partial charge in [-0.15, -0.1) is 0 Å². The second-order valence-electron chi connectivity index (χ2n) is 11.1. The van der Waals surface area contributed by atoms with Gasteiger partial charge in [-0.25, -0.2) is 13.5 Å². The van der Waals surface area contributed by atoms with Gasteiger partial charge < -0.3 is 30.2 Å². The lowest BCUT2D eigenvalue weighted by Gasteiger charge is -2.41. The van der Waals surface area contributed by atoms with Crippen LogP contribution in [0.25, 0.3) is 28.1 Å². The third-order valence-electron chi connectivity index (χ3n) is 7.62. The van der Waals surface area contributed by atoms with Crippen LogP contribution in [-0.4, -0.2) is 70.4 Å². The second-order valence-corrected chi connectivity index (χ2v) is 11.1. The number of carbonyl (C=O) groups excluding carboxylic acids is 2. The molecule has 3 N–H and O–H groups in total. The van der Waals surface area contributed by atoms with Crippen molar-refractivity contribution in [1.82, 2.24) is 19.7 Å². The Kier molecular flexibility index (Phi) is 7.51. The fraction of sp³-hybridized carbons (Fsp3) is 0.290. The molecule has 0 bridgehead atoms. The van der Waals surface area contributed by atoms with Crippen molar-refractivity contribution in [2.24, 2.45) is 5.73 Å². The highest BCUT2D eigenvalue weighted by atomic mass is 19.1. The molecule has 2 aromatic heterocycles. The first-order chi connectivity index (χ1) is 21.1. The summed E-state index contributed by atoms with van der Waals surface area (Å²) >= 11 is 0. The molecule has 44 heavy (non-hydrogen) atoms. The van der Waals surface area contributed by atoms with Crippen LogP contribution < -0.4 is 20.5 Å². The van der Waals surface area contributed by atoms with Crippen molar-refractivity contribution in [2.45, 2.75) is 26.0 Å². The van der Waals surface area contributed by atoms with Crippen molar-refractivity contribution in [2.75, 3.05) is 38.7 Å². The number of morpholine rings is 1. The topological polar surface area (TPSA) is 134 Å². The van der Waals surface area contributed by atoms with E-state index in [0.29, 0.717) is 64.9 Å². The largest absolute Gasteiger partial charge is 0.496 e. The minimum Gasteiger partial charge on any atom is -0.496 e. The molecule has 11 nitrogen and oxygen atoms in total. The van der Waals surface area contributed by atoms with E-state index in [1.807, 2.05) is 13.8 Å². The molecule has 0 saturated carbocycles. The maximum atomic E-state index is 14.5. The van der Waals surface area contributed by atoms with Crippen molar-refractivity contribution in [1.29, 1.82) is 0 Å². The van der Waals surface area contributed by atoms with Gasteiger partial charge in [-0.3, -0.25) is 14.6 Å². The molecular weight excluding hydrogens is 574 g/mol. The number of fused-ring (bicyclic) bond motifs is 3. The van der Waals surface area contributed by atoms with E-state index in [2.05, 4.69) is 15.4 Å². The number of nitrogens with one attached hydrogen (secondary N) is 1. The van der Waals surface area contributed by atoms with Gasteiger partial charge in [-0.1, -0.05) is 0 Å². The van der Waals surface area contributed by atoms with Crippen molar-refractivity contribution >= 4 is 17.5 Å². The number of amides is 2. The van der Waals surface area contributed by atoms with E-state index in [9.17, 15) is 18.4 Å². The van der Waals surface area contributed by atoms with Crippen LogP contribution in [0.5, 0.6) is 11.5 Å². The fourth-order valence-electron chi connectivity index (χ4n) is 5.52. The number of nitrogens with two attached hydrogens (primary N) is 1. The predicted octanol–water partition coefficient (Wildman–Crippen LogP) is 3.93. The van der Waals surface area contributed by atoms with Gasteiger partial charge in [0.1, 0.15) is 29.7 Å². The smallest absolute Gasteiger partial charge is 0.275 e. The Morgan fingerprint density at radius 3 is 2.57 bits per heavy atom. The molecule has 0 atom stereocenters. The Hall–Kier alpha value is -4.88. The molecule has 13 heteroatoms. The van der Waals surface area contributed by atoms with E-state index in [0.717, 1.165) is 18.2 Å². The molecule has 4 heterocycles. The Bertz CT molecular complexity index is 1770. The second kappa shape index (κ2) is 11.3. The number of benzene rings is 2. The van der Waals surface area contributed by atoms with Crippen molar-refractivity contribution < 1.29 is 32.6 Å². The first kappa shape index (κ1) is 29.2. The molecular formula is C31H30F2N6O5. The summed E-state index contributed by atoms with van der Waals surface area (Å²) in [5.74, 6) is -1.45. The number of methoxy groups -OCH3 is 1. The summed E-state index contributed by atoms with van der Waals surface area (Å²) in [5, 5.41) is 7.34. The van der Waals surface area contributed by atoms with Gasteiger partial charge in [0, 0.05) is 47.1 Å².